The molecule has 1 amide bonds. The Morgan fingerprint density at radius 2 is 2.04 bits per heavy atom. The minimum atomic E-state index is -0.267. The number of hydrazine groups is 1. The number of hydrogen-bond donors (Lipinski definition) is 3. The second-order valence-electron chi connectivity index (χ2n) is 5.75. The normalized spacial score (nSPS) is 19.9. The molecule has 2 aromatic rings. The highest BCUT2D eigenvalue weighted by Gasteiger charge is 2.29. The first-order valence-electron chi connectivity index (χ1n) is 7.83. The van der Waals surface area contributed by atoms with Crippen LogP contribution in [0.2, 0.25) is 5.02 Å². The first-order chi connectivity index (χ1) is 11.7. The minimum absolute atomic E-state index is 0.0292. The van der Waals surface area contributed by atoms with Crippen molar-refractivity contribution in [2.45, 2.75) is 25.0 Å². The van der Waals surface area contributed by atoms with Crippen LogP contribution in [0.3, 0.4) is 0 Å². The summed E-state index contributed by atoms with van der Waals surface area (Å²) in [6.07, 6.45) is 0.688. The molecule has 3 N–H and O–H groups in total. The summed E-state index contributed by atoms with van der Waals surface area (Å²) in [4.78, 5) is 12.3. The lowest BCUT2D eigenvalue weighted by atomic mass is 10.0. The molecular weight excluding hydrogens is 326 g/mol. The predicted molar refractivity (Wildman–Crippen MR) is 93.7 cm³/mol. The average Bonchev–Trinajstić information content (AvgIpc) is 3.10. The number of rotatable bonds is 5. The third-order valence-electron chi connectivity index (χ3n) is 4.09. The summed E-state index contributed by atoms with van der Waals surface area (Å²) in [6.45, 7) is 0.463. The van der Waals surface area contributed by atoms with Crippen LogP contribution >= 0.6 is 11.6 Å². The Hall–Kier alpha value is -2.08. The summed E-state index contributed by atoms with van der Waals surface area (Å²) in [6, 6.07) is 15.2. The van der Waals surface area contributed by atoms with E-state index in [1.165, 1.54) is 0 Å². The average molecular weight is 346 g/mol. The maximum Gasteiger partial charge on any atom is 0.238 e. The summed E-state index contributed by atoms with van der Waals surface area (Å²) in [5, 5.41) is 3.61. The van der Waals surface area contributed by atoms with Gasteiger partial charge >= 0.3 is 0 Å². The van der Waals surface area contributed by atoms with Crippen molar-refractivity contribution in [3.8, 4) is 5.75 Å². The molecule has 2 aromatic carbocycles. The summed E-state index contributed by atoms with van der Waals surface area (Å²) in [5.74, 6) is 0.791. The summed E-state index contributed by atoms with van der Waals surface area (Å²) >= 11 is 5.95. The fourth-order valence-electron chi connectivity index (χ4n) is 2.74. The van der Waals surface area contributed by atoms with E-state index < -0.39 is 0 Å². The number of nitrogens with one attached hydrogen (secondary N) is 3. The molecular formula is C18H20ClN3O2. The topological polar surface area (TPSA) is 62.4 Å². The van der Waals surface area contributed by atoms with Gasteiger partial charge in [-0.1, -0.05) is 35.9 Å². The van der Waals surface area contributed by atoms with Gasteiger partial charge in [-0.3, -0.25) is 4.79 Å². The first-order valence-corrected chi connectivity index (χ1v) is 8.20. The van der Waals surface area contributed by atoms with Gasteiger partial charge in [0, 0.05) is 17.6 Å². The highest BCUT2D eigenvalue weighted by Crippen LogP contribution is 2.24. The van der Waals surface area contributed by atoms with Crippen LogP contribution in [0.5, 0.6) is 5.75 Å². The van der Waals surface area contributed by atoms with Gasteiger partial charge < -0.3 is 10.1 Å². The van der Waals surface area contributed by atoms with Gasteiger partial charge in [0.2, 0.25) is 5.91 Å². The Labute approximate surface area is 146 Å². The Balaban J connectivity index is 1.53. The quantitative estimate of drug-likeness (QED) is 0.779. The van der Waals surface area contributed by atoms with Gasteiger partial charge in [-0.05, 0) is 41.8 Å². The number of carbonyl (C=O) groups is 1. The molecule has 126 valence electrons. The fourth-order valence-corrected chi connectivity index (χ4v) is 2.96. The third-order valence-corrected chi connectivity index (χ3v) is 4.33. The van der Waals surface area contributed by atoms with Crippen LogP contribution in [0.25, 0.3) is 0 Å². The van der Waals surface area contributed by atoms with Crippen LogP contribution in [0, 0.1) is 0 Å². The Kier molecular flexibility index (Phi) is 5.35. The second kappa shape index (κ2) is 7.66. The summed E-state index contributed by atoms with van der Waals surface area (Å²) < 4.78 is 5.16. The molecule has 1 fully saturated rings. The zero-order valence-corrected chi connectivity index (χ0v) is 14.1. The molecule has 1 saturated heterocycles. The highest BCUT2D eigenvalue weighted by atomic mass is 35.5. The van der Waals surface area contributed by atoms with Crippen LogP contribution in [-0.2, 0) is 11.3 Å². The van der Waals surface area contributed by atoms with E-state index in [4.69, 9.17) is 16.3 Å². The maximum absolute atomic E-state index is 12.3. The molecule has 0 bridgehead atoms. The van der Waals surface area contributed by atoms with Crippen molar-refractivity contribution in [1.82, 2.24) is 16.2 Å². The van der Waals surface area contributed by atoms with E-state index in [9.17, 15) is 4.79 Å². The molecule has 5 nitrogen and oxygen atoms in total. The summed E-state index contributed by atoms with van der Waals surface area (Å²) in [7, 11) is 1.64. The minimum Gasteiger partial charge on any atom is -0.497 e. The molecule has 0 saturated carbocycles. The van der Waals surface area contributed by atoms with Crippen molar-refractivity contribution in [1.29, 1.82) is 0 Å². The van der Waals surface area contributed by atoms with Crippen LogP contribution in [0.1, 0.15) is 23.6 Å². The van der Waals surface area contributed by atoms with Crippen molar-refractivity contribution < 1.29 is 9.53 Å². The molecule has 2 atom stereocenters. The number of ether oxygens (including phenoxy) is 1. The molecule has 3 rings (SSSR count). The van der Waals surface area contributed by atoms with E-state index in [0.717, 1.165) is 16.9 Å². The number of methoxy groups -OCH3 is 1. The fraction of sp³-hybridized carbons (Fsp3) is 0.278. The van der Waals surface area contributed by atoms with Gasteiger partial charge in [-0.2, -0.15) is 0 Å². The predicted octanol–water partition coefficient (Wildman–Crippen LogP) is 2.57. The first kappa shape index (κ1) is 16.8. The van der Waals surface area contributed by atoms with Crippen LogP contribution in [-0.4, -0.2) is 19.1 Å². The van der Waals surface area contributed by atoms with Gasteiger partial charge in [-0.15, -0.1) is 0 Å². The lowest BCUT2D eigenvalue weighted by Gasteiger charge is -2.11. The highest BCUT2D eigenvalue weighted by molar-refractivity contribution is 6.30. The zero-order valence-electron chi connectivity index (χ0n) is 13.4. The number of hydrogen-bond acceptors (Lipinski definition) is 4. The van der Waals surface area contributed by atoms with Crippen molar-refractivity contribution in [3.05, 3.63) is 64.7 Å². The molecule has 0 spiro atoms. The maximum atomic E-state index is 12.3. The van der Waals surface area contributed by atoms with Gasteiger partial charge in [-0.25, -0.2) is 10.9 Å². The second-order valence-corrected chi connectivity index (χ2v) is 6.19. The Morgan fingerprint density at radius 1 is 1.25 bits per heavy atom. The van der Waals surface area contributed by atoms with Crippen molar-refractivity contribution in [3.63, 3.8) is 0 Å². The van der Waals surface area contributed by atoms with Gasteiger partial charge in [0.15, 0.2) is 0 Å². The van der Waals surface area contributed by atoms with E-state index in [1.54, 1.807) is 7.11 Å². The van der Waals surface area contributed by atoms with Gasteiger partial charge in [0.05, 0.1) is 7.11 Å². The van der Waals surface area contributed by atoms with Gasteiger partial charge in [0.25, 0.3) is 0 Å². The van der Waals surface area contributed by atoms with Crippen LogP contribution in [0.15, 0.2) is 48.5 Å². The number of carbonyl (C=O) groups excluding carboxylic acids is 1. The lowest BCUT2D eigenvalue weighted by Crippen LogP contribution is -2.42. The smallest absolute Gasteiger partial charge is 0.238 e. The Bertz CT molecular complexity index is 706. The molecule has 0 aliphatic carbocycles. The van der Waals surface area contributed by atoms with E-state index in [2.05, 4.69) is 16.2 Å². The van der Waals surface area contributed by atoms with Crippen molar-refractivity contribution in [2.75, 3.05) is 7.11 Å². The van der Waals surface area contributed by atoms with Crippen molar-refractivity contribution in [2.24, 2.45) is 0 Å². The van der Waals surface area contributed by atoms with Crippen LogP contribution < -0.4 is 20.9 Å². The van der Waals surface area contributed by atoms with E-state index in [0.29, 0.717) is 18.0 Å². The van der Waals surface area contributed by atoms with Gasteiger partial charge in [0.1, 0.15) is 11.8 Å². The number of benzene rings is 2. The molecule has 24 heavy (non-hydrogen) atoms. The third kappa shape index (κ3) is 4.06. The number of halogens is 1. The van der Waals surface area contributed by atoms with Crippen molar-refractivity contribution >= 4 is 17.5 Å². The largest absolute Gasteiger partial charge is 0.497 e. The SMILES string of the molecule is COc1ccc(C2CC(C(=O)NCc3cccc(Cl)c3)NN2)cc1. The monoisotopic (exact) mass is 345 g/mol. The van der Waals surface area contributed by atoms with E-state index in [-0.39, 0.29) is 18.0 Å². The van der Waals surface area contributed by atoms with Crippen LogP contribution in [0.4, 0.5) is 0 Å². The molecule has 1 heterocycles. The Morgan fingerprint density at radius 3 is 2.75 bits per heavy atom. The standard InChI is InChI=1S/C18H20ClN3O2/c1-24-15-7-5-13(6-8-15)16-10-17(22-21-16)18(23)20-11-12-3-2-4-14(19)9-12/h2-9,16-17,21-22H,10-11H2,1H3,(H,20,23). The van der Waals surface area contributed by atoms with E-state index >= 15 is 0 Å². The molecule has 6 heteroatoms. The molecule has 1 aliphatic rings. The zero-order chi connectivity index (χ0) is 16.9. The molecule has 1 aliphatic heterocycles. The summed E-state index contributed by atoms with van der Waals surface area (Å²) in [5.41, 5.74) is 8.34. The molecule has 0 radical (unpaired) electrons. The molecule has 2 unspecified atom stereocenters. The lowest BCUT2D eigenvalue weighted by molar-refractivity contribution is -0.123. The number of amides is 1. The molecule has 0 aromatic heterocycles. The van der Waals surface area contributed by atoms with E-state index in [1.807, 2.05) is 48.5 Å².